The molecule has 1 saturated heterocycles. The van der Waals surface area contributed by atoms with Gasteiger partial charge in [0.05, 0.1) is 30.8 Å². The van der Waals surface area contributed by atoms with Crippen molar-refractivity contribution in [3.8, 4) is 11.1 Å². The first kappa shape index (κ1) is 30.1. The number of aromatic nitrogens is 5. The van der Waals surface area contributed by atoms with E-state index in [0.717, 1.165) is 25.1 Å². The first-order chi connectivity index (χ1) is 22.1. The van der Waals surface area contributed by atoms with Gasteiger partial charge in [0.1, 0.15) is 11.4 Å². The fourth-order valence-electron chi connectivity index (χ4n) is 6.49. The molecule has 0 radical (unpaired) electrons. The summed E-state index contributed by atoms with van der Waals surface area (Å²) in [5.74, 6) is -1.39. The summed E-state index contributed by atoms with van der Waals surface area (Å²) in [4.78, 5) is 52.0. The van der Waals surface area contributed by atoms with Crippen molar-refractivity contribution in [3.05, 3.63) is 70.8 Å². The third-order valence-corrected chi connectivity index (χ3v) is 9.40. The highest BCUT2D eigenvalue weighted by Gasteiger charge is 2.42. The number of hydrogen-bond donors (Lipinski definition) is 1. The molecule has 240 valence electrons. The fraction of sp³-hybridized carbons (Fsp3) is 0.438. The molecule has 0 aliphatic carbocycles. The Morgan fingerprint density at radius 3 is 2.67 bits per heavy atom. The average molecular weight is 647 g/mol. The van der Waals surface area contributed by atoms with Crippen LogP contribution in [0.5, 0.6) is 0 Å². The monoisotopic (exact) mass is 646 g/mol. The highest BCUT2D eigenvalue weighted by molar-refractivity contribution is 7.13. The fourth-order valence-corrected chi connectivity index (χ4v) is 7.02. The molecular weight excluding hydrogens is 611 g/mol. The molecule has 3 aromatic heterocycles. The molecule has 1 aromatic carbocycles. The summed E-state index contributed by atoms with van der Waals surface area (Å²) in [6.07, 6.45) is 9.56. The minimum Gasteiger partial charge on any atom is -0.444 e. The van der Waals surface area contributed by atoms with Crippen molar-refractivity contribution >= 4 is 34.4 Å². The molecule has 0 saturated carbocycles. The van der Waals surface area contributed by atoms with Crippen LogP contribution in [0.15, 0.2) is 42.4 Å². The number of aryl methyl sites for hydroxylation is 1. The molecule has 14 heteroatoms. The van der Waals surface area contributed by atoms with Crippen LogP contribution in [-0.2, 0) is 29.0 Å². The molecule has 1 unspecified atom stereocenters. The van der Waals surface area contributed by atoms with Gasteiger partial charge < -0.3 is 19.1 Å². The van der Waals surface area contributed by atoms with Crippen molar-refractivity contribution in [2.45, 2.75) is 77.2 Å². The van der Waals surface area contributed by atoms with Gasteiger partial charge in [0.15, 0.2) is 11.2 Å². The molecule has 7 rings (SSSR count). The number of likely N-dealkylation sites (tertiary alicyclic amines) is 1. The van der Waals surface area contributed by atoms with Gasteiger partial charge >= 0.3 is 6.09 Å². The first-order valence-corrected chi connectivity index (χ1v) is 16.3. The molecule has 6 heterocycles. The third kappa shape index (κ3) is 5.65. The molecule has 1 N–H and O–H groups in total. The quantitative estimate of drug-likeness (QED) is 0.305. The summed E-state index contributed by atoms with van der Waals surface area (Å²) in [6.45, 7) is 7.37. The lowest BCUT2D eigenvalue weighted by molar-refractivity contribution is -0.121. The molecule has 46 heavy (non-hydrogen) atoms. The van der Waals surface area contributed by atoms with Crippen molar-refractivity contribution in [2.24, 2.45) is 0 Å². The summed E-state index contributed by atoms with van der Waals surface area (Å²) in [7, 11) is 0. The number of thiazole rings is 1. The molecule has 0 spiro atoms. The standard InChI is InChI=1S/C32H35FN8O4S/c1-32(2,3)45-31(44)38-10-6-21(7-11-38)41-16-20(15-36-41)19-13-22-23(24(33)14-19)17-40(29(22)43)27(28(42)37-30-34-8-12-46-30)26-25-5-4-9-39(25)18-35-26/h8,12-16,18,21,27H,4-7,9-11,17H2,1-3H3,(H,34,37,42). The molecule has 3 amide bonds. The minimum atomic E-state index is -1.05. The topological polar surface area (TPSA) is 127 Å². The predicted molar refractivity (Wildman–Crippen MR) is 168 cm³/mol. The number of anilines is 1. The highest BCUT2D eigenvalue weighted by atomic mass is 32.1. The number of carbonyl (C=O) groups is 3. The molecule has 4 aromatic rings. The smallest absolute Gasteiger partial charge is 0.410 e. The molecular formula is C32H35FN8O4S. The molecule has 12 nitrogen and oxygen atoms in total. The van der Waals surface area contributed by atoms with Crippen LogP contribution < -0.4 is 5.32 Å². The lowest BCUT2D eigenvalue weighted by Crippen LogP contribution is -2.42. The molecule has 0 bridgehead atoms. The van der Waals surface area contributed by atoms with E-state index in [4.69, 9.17) is 4.74 Å². The van der Waals surface area contributed by atoms with E-state index in [1.165, 1.54) is 22.3 Å². The first-order valence-electron chi connectivity index (χ1n) is 15.5. The van der Waals surface area contributed by atoms with E-state index >= 15 is 4.39 Å². The SMILES string of the molecule is CC(C)(C)OC(=O)N1CCC(n2cc(-c3cc(F)c4c(c3)C(=O)N(C(C(=O)Nc3nccs3)c3ncn5c3CCC5)C4)cn2)CC1. The maximum Gasteiger partial charge on any atom is 0.410 e. The van der Waals surface area contributed by atoms with E-state index in [0.29, 0.717) is 47.9 Å². The summed E-state index contributed by atoms with van der Waals surface area (Å²) in [6, 6.07) is 2.12. The number of nitrogens with zero attached hydrogens (tertiary/aromatic N) is 7. The lowest BCUT2D eigenvalue weighted by atomic mass is 10.0. The number of hydrogen-bond acceptors (Lipinski definition) is 8. The molecule has 3 aliphatic rings. The summed E-state index contributed by atoms with van der Waals surface area (Å²) in [5, 5.41) is 9.54. The number of rotatable bonds is 6. The zero-order valence-electron chi connectivity index (χ0n) is 25.9. The molecule has 1 atom stereocenters. The number of benzene rings is 1. The van der Waals surface area contributed by atoms with Crippen LogP contribution in [-0.4, -0.2) is 70.7 Å². The molecule has 3 aliphatic heterocycles. The van der Waals surface area contributed by atoms with Gasteiger partial charge in [0, 0.05) is 59.8 Å². The Hall–Kier alpha value is -4.59. The second-order valence-corrected chi connectivity index (χ2v) is 13.8. The number of amides is 3. The Morgan fingerprint density at radius 2 is 1.93 bits per heavy atom. The van der Waals surface area contributed by atoms with Crippen LogP contribution in [0.4, 0.5) is 14.3 Å². The Labute approximate surface area is 269 Å². The van der Waals surface area contributed by atoms with Gasteiger partial charge in [-0.15, -0.1) is 11.3 Å². The Kier molecular flexibility index (Phi) is 7.62. The van der Waals surface area contributed by atoms with Crippen LogP contribution in [0.2, 0.25) is 0 Å². The van der Waals surface area contributed by atoms with Crippen molar-refractivity contribution < 1.29 is 23.5 Å². The van der Waals surface area contributed by atoms with Gasteiger partial charge in [0.25, 0.3) is 11.8 Å². The lowest BCUT2D eigenvalue weighted by Gasteiger charge is -2.33. The Balaban J connectivity index is 1.11. The summed E-state index contributed by atoms with van der Waals surface area (Å²) >= 11 is 1.28. The highest BCUT2D eigenvalue weighted by Crippen LogP contribution is 2.38. The van der Waals surface area contributed by atoms with Gasteiger partial charge in [-0.3, -0.25) is 19.6 Å². The average Bonchev–Trinajstić information content (AvgIpc) is 3.84. The summed E-state index contributed by atoms with van der Waals surface area (Å²) < 4.78 is 25.1. The summed E-state index contributed by atoms with van der Waals surface area (Å²) in [5.41, 5.74) is 2.53. The number of carbonyl (C=O) groups excluding carboxylic acids is 3. The second kappa shape index (κ2) is 11.6. The van der Waals surface area contributed by atoms with Crippen molar-refractivity contribution in [1.29, 1.82) is 0 Å². The second-order valence-electron chi connectivity index (χ2n) is 12.9. The van der Waals surface area contributed by atoms with E-state index in [9.17, 15) is 14.4 Å². The predicted octanol–water partition coefficient (Wildman–Crippen LogP) is 5.20. The van der Waals surface area contributed by atoms with E-state index in [2.05, 4.69) is 20.4 Å². The number of imidazole rings is 1. The van der Waals surface area contributed by atoms with Gasteiger partial charge in [-0.1, -0.05) is 0 Å². The van der Waals surface area contributed by atoms with Crippen LogP contribution in [0.25, 0.3) is 11.1 Å². The van der Waals surface area contributed by atoms with Crippen LogP contribution in [0.1, 0.15) is 79.4 Å². The van der Waals surface area contributed by atoms with E-state index in [1.807, 2.05) is 36.2 Å². The normalized spacial score (nSPS) is 17.3. The molecule has 1 fully saturated rings. The number of fused-ring (bicyclic) bond motifs is 2. The van der Waals surface area contributed by atoms with Crippen LogP contribution in [0.3, 0.4) is 0 Å². The largest absolute Gasteiger partial charge is 0.444 e. The third-order valence-electron chi connectivity index (χ3n) is 8.71. The van der Waals surface area contributed by atoms with E-state index < -0.39 is 29.3 Å². The Morgan fingerprint density at radius 1 is 1.13 bits per heavy atom. The van der Waals surface area contributed by atoms with Crippen LogP contribution in [0, 0.1) is 5.82 Å². The number of piperidine rings is 1. The van der Waals surface area contributed by atoms with E-state index in [1.54, 1.807) is 35.1 Å². The van der Waals surface area contributed by atoms with Gasteiger partial charge in [-0.2, -0.15) is 5.10 Å². The Bertz CT molecular complexity index is 1800. The van der Waals surface area contributed by atoms with Crippen molar-refractivity contribution in [3.63, 3.8) is 0 Å². The van der Waals surface area contributed by atoms with Gasteiger partial charge in [0.2, 0.25) is 0 Å². The van der Waals surface area contributed by atoms with Crippen LogP contribution >= 0.6 is 11.3 Å². The maximum absolute atomic E-state index is 15.7. The van der Waals surface area contributed by atoms with E-state index in [-0.39, 0.29) is 29.8 Å². The zero-order valence-corrected chi connectivity index (χ0v) is 26.7. The number of halogens is 1. The van der Waals surface area contributed by atoms with Crippen molar-refractivity contribution in [2.75, 3.05) is 18.4 Å². The zero-order chi connectivity index (χ0) is 32.2. The maximum atomic E-state index is 15.7. The van der Waals surface area contributed by atoms with Gasteiger partial charge in [-0.25, -0.2) is 19.2 Å². The minimum absolute atomic E-state index is 0.0575. The number of ether oxygens (including phenoxy) is 1. The van der Waals surface area contributed by atoms with Gasteiger partial charge in [-0.05, 0) is 64.2 Å². The number of nitrogens with one attached hydrogen (secondary N) is 1. The van der Waals surface area contributed by atoms with Crippen molar-refractivity contribution in [1.82, 2.24) is 34.1 Å².